The molecular formula is C15H13FO4. The van der Waals surface area contributed by atoms with Gasteiger partial charge in [-0.2, -0.15) is 0 Å². The molecule has 0 saturated heterocycles. The molecule has 5 heteroatoms. The van der Waals surface area contributed by atoms with E-state index >= 15 is 0 Å². The Hall–Kier alpha value is -2.56. The van der Waals surface area contributed by atoms with Gasteiger partial charge in [0.2, 0.25) is 0 Å². The Morgan fingerprint density at radius 2 is 1.90 bits per heavy atom. The van der Waals surface area contributed by atoms with Crippen molar-refractivity contribution in [2.75, 3.05) is 7.11 Å². The van der Waals surface area contributed by atoms with E-state index in [1.807, 2.05) is 0 Å². The highest BCUT2D eigenvalue weighted by atomic mass is 19.1. The number of methoxy groups -OCH3 is 1. The molecule has 0 atom stereocenters. The number of carboxylic acids is 1. The Balaban J connectivity index is 2.16. The molecule has 2 rings (SSSR count). The van der Waals surface area contributed by atoms with Gasteiger partial charge in [0, 0.05) is 0 Å². The summed E-state index contributed by atoms with van der Waals surface area (Å²) in [5.41, 5.74) is 0.330. The van der Waals surface area contributed by atoms with Crippen LogP contribution in [0.3, 0.4) is 0 Å². The quantitative estimate of drug-likeness (QED) is 0.911. The summed E-state index contributed by atoms with van der Waals surface area (Å²) in [4.78, 5) is 10.9. The van der Waals surface area contributed by atoms with Gasteiger partial charge in [-0.25, -0.2) is 9.18 Å². The first kappa shape index (κ1) is 13.9. The Bertz CT molecular complexity index is 625. The van der Waals surface area contributed by atoms with Crippen LogP contribution in [0.15, 0.2) is 42.5 Å². The summed E-state index contributed by atoms with van der Waals surface area (Å²) >= 11 is 0. The third-order valence-corrected chi connectivity index (χ3v) is 2.67. The monoisotopic (exact) mass is 276 g/mol. The van der Waals surface area contributed by atoms with E-state index in [9.17, 15) is 9.18 Å². The standard InChI is InChI=1S/C15H13FO4/c1-19-13-4-2-3-5-14(13)20-9-10-6-11(15(17)18)8-12(16)7-10/h2-8H,9H2,1H3,(H,17,18). The predicted octanol–water partition coefficient (Wildman–Crippen LogP) is 3.11. The first-order chi connectivity index (χ1) is 9.60. The van der Waals surface area contributed by atoms with Gasteiger partial charge >= 0.3 is 5.97 Å². The molecule has 1 N–H and O–H groups in total. The molecule has 0 heterocycles. The Morgan fingerprint density at radius 1 is 1.20 bits per heavy atom. The Kier molecular flexibility index (Phi) is 4.20. The van der Waals surface area contributed by atoms with Gasteiger partial charge in [0.15, 0.2) is 11.5 Å². The summed E-state index contributed by atoms with van der Waals surface area (Å²) < 4.78 is 24.0. The summed E-state index contributed by atoms with van der Waals surface area (Å²) in [6.45, 7) is 0.0540. The largest absolute Gasteiger partial charge is 0.493 e. The van der Waals surface area contributed by atoms with Crippen LogP contribution in [0.4, 0.5) is 4.39 Å². The van der Waals surface area contributed by atoms with Gasteiger partial charge in [0.05, 0.1) is 12.7 Å². The summed E-state index contributed by atoms with van der Waals surface area (Å²) in [5.74, 6) is -0.718. The van der Waals surface area contributed by atoms with Crippen LogP contribution in [0, 0.1) is 5.82 Å². The number of rotatable bonds is 5. The minimum atomic E-state index is -1.18. The lowest BCUT2D eigenvalue weighted by molar-refractivity contribution is 0.0696. The third kappa shape index (κ3) is 3.26. The molecule has 0 fully saturated rings. The number of hydrogen-bond donors (Lipinski definition) is 1. The summed E-state index contributed by atoms with van der Waals surface area (Å²) in [5, 5.41) is 8.87. The Morgan fingerprint density at radius 3 is 2.55 bits per heavy atom. The summed E-state index contributed by atoms with van der Waals surface area (Å²) in [6.07, 6.45) is 0. The molecule has 2 aromatic rings. The molecule has 0 unspecified atom stereocenters. The molecular weight excluding hydrogens is 263 g/mol. The smallest absolute Gasteiger partial charge is 0.335 e. The fraction of sp³-hybridized carbons (Fsp3) is 0.133. The second-order valence-electron chi connectivity index (χ2n) is 4.09. The SMILES string of the molecule is COc1ccccc1OCc1cc(F)cc(C(=O)O)c1. The van der Waals surface area contributed by atoms with Crippen LogP contribution in [0.5, 0.6) is 11.5 Å². The molecule has 2 aromatic carbocycles. The number of benzene rings is 2. The van der Waals surface area contributed by atoms with Gasteiger partial charge in [-0.05, 0) is 35.9 Å². The van der Waals surface area contributed by atoms with Crippen molar-refractivity contribution < 1.29 is 23.8 Å². The highest BCUT2D eigenvalue weighted by molar-refractivity contribution is 5.87. The predicted molar refractivity (Wildman–Crippen MR) is 70.7 cm³/mol. The van der Waals surface area contributed by atoms with Gasteiger partial charge in [-0.1, -0.05) is 12.1 Å². The molecule has 0 aliphatic carbocycles. The number of carbonyl (C=O) groups is 1. The van der Waals surface area contributed by atoms with E-state index in [0.29, 0.717) is 17.1 Å². The molecule has 0 radical (unpaired) electrons. The Labute approximate surface area is 115 Å². The van der Waals surface area contributed by atoms with Crippen LogP contribution in [0.25, 0.3) is 0 Å². The van der Waals surface area contributed by atoms with Crippen LogP contribution in [0.1, 0.15) is 15.9 Å². The zero-order valence-corrected chi connectivity index (χ0v) is 10.8. The van der Waals surface area contributed by atoms with Crippen molar-refractivity contribution in [3.63, 3.8) is 0 Å². The molecule has 0 aliphatic heterocycles. The number of hydrogen-bond acceptors (Lipinski definition) is 3. The molecule has 0 amide bonds. The maximum absolute atomic E-state index is 13.3. The lowest BCUT2D eigenvalue weighted by atomic mass is 10.1. The first-order valence-electron chi connectivity index (χ1n) is 5.88. The van der Waals surface area contributed by atoms with Gasteiger partial charge < -0.3 is 14.6 Å². The van der Waals surface area contributed by atoms with E-state index in [2.05, 4.69) is 0 Å². The molecule has 0 aromatic heterocycles. The van der Waals surface area contributed by atoms with Crippen molar-refractivity contribution in [1.29, 1.82) is 0 Å². The van der Waals surface area contributed by atoms with Gasteiger partial charge in [0.1, 0.15) is 12.4 Å². The van der Waals surface area contributed by atoms with Crippen molar-refractivity contribution in [1.82, 2.24) is 0 Å². The lowest BCUT2D eigenvalue weighted by Gasteiger charge is -2.10. The second kappa shape index (κ2) is 6.06. The van der Waals surface area contributed by atoms with E-state index in [1.54, 1.807) is 24.3 Å². The van der Waals surface area contributed by atoms with Crippen molar-refractivity contribution in [2.24, 2.45) is 0 Å². The normalized spacial score (nSPS) is 10.1. The van der Waals surface area contributed by atoms with Gasteiger partial charge in [-0.15, -0.1) is 0 Å². The summed E-state index contributed by atoms with van der Waals surface area (Å²) in [7, 11) is 1.52. The molecule has 0 aliphatic rings. The average molecular weight is 276 g/mol. The van der Waals surface area contributed by atoms with E-state index in [1.165, 1.54) is 19.2 Å². The van der Waals surface area contributed by atoms with E-state index in [4.69, 9.17) is 14.6 Å². The lowest BCUT2D eigenvalue weighted by Crippen LogP contribution is -2.02. The fourth-order valence-electron chi connectivity index (χ4n) is 1.76. The second-order valence-corrected chi connectivity index (χ2v) is 4.09. The van der Waals surface area contributed by atoms with Crippen LogP contribution < -0.4 is 9.47 Å². The van der Waals surface area contributed by atoms with Crippen LogP contribution in [0.2, 0.25) is 0 Å². The molecule has 4 nitrogen and oxygen atoms in total. The maximum Gasteiger partial charge on any atom is 0.335 e. The van der Waals surface area contributed by atoms with E-state index in [0.717, 1.165) is 6.07 Å². The van der Waals surface area contributed by atoms with Crippen molar-refractivity contribution in [3.8, 4) is 11.5 Å². The minimum absolute atomic E-state index is 0.0540. The number of halogens is 1. The number of para-hydroxylation sites is 2. The zero-order valence-electron chi connectivity index (χ0n) is 10.8. The van der Waals surface area contributed by atoms with Gasteiger partial charge in [0.25, 0.3) is 0 Å². The fourth-order valence-corrected chi connectivity index (χ4v) is 1.76. The molecule has 0 saturated carbocycles. The number of ether oxygens (including phenoxy) is 2. The van der Waals surface area contributed by atoms with Crippen LogP contribution in [-0.4, -0.2) is 18.2 Å². The number of aromatic carboxylic acids is 1. The van der Waals surface area contributed by atoms with Crippen molar-refractivity contribution >= 4 is 5.97 Å². The molecule has 20 heavy (non-hydrogen) atoms. The topological polar surface area (TPSA) is 55.8 Å². The molecule has 0 spiro atoms. The van der Waals surface area contributed by atoms with E-state index in [-0.39, 0.29) is 12.2 Å². The zero-order chi connectivity index (χ0) is 14.5. The van der Waals surface area contributed by atoms with Gasteiger partial charge in [-0.3, -0.25) is 0 Å². The number of carboxylic acid groups (broad SMARTS) is 1. The van der Waals surface area contributed by atoms with E-state index < -0.39 is 11.8 Å². The maximum atomic E-state index is 13.3. The van der Waals surface area contributed by atoms with Crippen molar-refractivity contribution in [3.05, 3.63) is 59.4 Å². The van der Waals surface area contributed by atoms with Crippen molar-refractivity contribution in [2.45, 2.75) is 6.61 Å². The highest BCUT2D eigenvalue weighted by Crippen LogP contribution is 2.26. The average Bonchev–Trinajstić information content (AvgIpc) is 2.44. The molecule has 104 valence electrons. The highest BCUT2D eigenvalue weighted by Gasteiger charge is 2.08. The molecule has 0 bridgehead atoms. The minimum Gasteiger partial charge on any atom is -0.493 e. The van der Waals surface area contributed by atoms with Crippen LogP contribution in [-0.2, 0) is 6.61 Å². The first-order valence-corrected chi connectivity index (χ1v) is 5.88. The summed E-state index contributed by atoms with van der Waals surface area (Å²) in [6, 6.07) is 10.6. The van der Waals surface area contributed by atoms with Crippen LogP contribution >= 0.6 is 0 Å². The third-order valence-electron chi connectivity index (χ3n) is 2.67.